The van der Waals surface area contributed by atoms with E-state index in [1.165, 1.54) is 6.92 Å². The van der Waals surface area contributed by atoms with E-state index in [2.05, 4.69) is 15.3 Å². The molecule has 1 saturated heterocycles. The van der Waals surface area contributed by atoms with Crippen LogP contribution >= 0.6 is 21.9 Å². The number of benzene rings is 1. The number of guanidine groups is 1. The number of rotatable bonds is 6. The normalized spacial score (nSPS) is 16.4. The third-order valence-corrected chi connectivity index (χ3v) is 7.36. The Labute approximate surface area is 185 Å². The standard InChI is InChI=1S/C19H26N6O4S2/c1-12(26)22-19-24-15(7-4-13-2-5-14(6-3-13)23-18(20)21)16(30-19)17(27)25-8-10-31(28,29)11-9-25/h2-3,5-6,28-29H,4,7-11H2,1H3,(H4,20,21,23)(H,22,24,26). The lowest BCUT2D eigenvalue weighted by Crippen LogP contribution is -2.42. The van der Waals surface area contributed by atoms with Crippen LogP contribution in [0.4, 0.5) is 10.8 Å². The van der Waals surface area contributed by atoms with Gasteiger partial charge in [0.15, 0.2) is 11.1 Å². The molecule has 0 aliphatic carbocycles. The Morgan fingerprint density at radius 1 is 1.19 bits per heavy atom. The van der Waals surface area contributed by atoms with Crippen LogP contribution in [0.25, 0.3) is 0 Å². The molecule has 1 aromatic heterocycles. The molecule has 2 amide bonds. The average molecular weight is 467 g/mol. The molecule has 1 aliphatic rings. The first-order valence-electron chi connectivity index (χ1n) is 9.62. The van der Waals surface area contributed by atoms with Gasteiger partial charge in [-0.1, -0.05) is 23.5 Å². The lowest BCUT2D eigenvalue weighted by atomic mass is 10.1. The second-order valence-electron chi connectivity index (χ2n) is 7.18. The van der Waals surface area contributed by atoms with Gasteiger partial charge in [-0.3, -0.25) is 18.7 Å². The molecule has 12 heteroatoms. The zero-order valence-electron chi connectivity index (χ0n) is 17.1. The first kappa shape index (κ1) is 23.0. The lowest BCUT2D eigenvalue weighted by Gasteiger charge is -2.40. The molecule has 0 atom stereocenters. The molecule has 1 aliphatic heterocycles. The second-order valence-corrected chi connectivity index (χ2v) is 10.6. The average Bonchev–Trinajstić information content (AvgIpc) is 3.08. The number of anilines is 1. The van der Waals surface area contributed by atoms with Gasteiger partial charge in [0.25, 0.3) is 5.91 Å². The van der Waals surface area contributed by atoms with E-state index in [1.54, 1.807) is 17.0 Å². The Balaban J connectivity index is 1.75. The summed E-state index contributed by atoms with van der Waals surface area (Å²) in [7, 11) is -2.60. The van der Waals surface area contributed by atoms with Crippen LogP contribution in [0.3, 0.4) is 0 Å². The Morgan fingerprint density at radius 3 is 2.42 bits per heavy atom. The van der Waals surface area contributed by atoms with Gasteiger partial charge < -0.3 is 21.7 Å². The Kier molecular flexibility index (Phi) is 7.15. The van der Waals surface area contributed by atoms with Crippen molar-refractivity contribution in [1.29, 1.82) is 0 Å². The smallest absolute Gasteiger partial charge is 0.266 e. The van der Waals surface area contributed by atoms with Crippen LogP contribution in [0.15, 0.2) is 29.3 Å². The van der Waals surface area contributed by atoms with Crippen molar-refractivity contribution in [1.82, 2.24) is 9.88 Å². The molecule has 0 radical (unpaired) electrons. The van der Waals surface area contributed by atoms with Gasteiger partial charge in [0.05, 0.1) is 22.9 Å². The molecular formula is C19H26N6O4S2. The van der Waals surface area contributed by atoms with Crippen LogP contribution in [0.2, 0.25) is 0 Å². The molecule has 7 N–H and O–H groups in total. The highest BCUT2D eigenvalue weighted by Gasteiger charge is 2.29. The lowest BCUT2D eigenvalue weighted by molar-refractivity contribution is -0.114. The molecule has 0 bridgehead atoms. The molecule has 1 aromatic carbocycles. The number of aryl methyl sites for hydroxylation is 2. The predicted molar refractivity (Wildman–Crippen MR) is 124 cm³/mol. The summed E-state index contributed by atoms with van der Waals surface area (Å²) in [4.78, 5) is 35.0. The second kappa shape index (κ2) is 9.64. The highest BCUT2D eigenvalue weighted by Crippen LogP contribution is 2.40. The number of carbonyl (C=O) groups excluding carboxylic acids is 2. The van der Waals surface area contributed by atoms with Gasteiger partial charge in [0.1, 0.15) is 4.88 Å². The maximum atomic E-state index is 13.1. The van der Waals surface area contributed by atoms with Crippen LogP contribution < -0.4 is 16.8 Å². The zero-order chi connectivity index (χ0) is 22.6. The van der Waals surface area contributed by atoms with Crippen molar-refractivity contribution in [2.75, 3.05) is 29.9 Å². The summed E-state index contributed by atoms with van der Waals surface area (Å²) in [5, 5.41) is 3.01. The fraction of sp³-hybridized carbons (Fsp3) is 0.368. The van der Waals surface area contributed by atoms with E-state index >= 15 is 0 Å². The van der Waals surface area contributed by atoms with Crippen molar-refractivity contribution < 1.29 is 18.7 Å². The van der Waals surface area contributed by atoms with E-state index in [9.17, 15) is 18.7 Å². The maximum Gasteiger partial charge on any atom is 0.266 e. The topological polar surface area (TPSA) is 167 Å². The van der Waals surface area contributed by atoms with E-state index in [-0.39, 0.29) is 42.4 Å². The number of carbonyl (C=O) groups is 2. The molecule has 1 fully saturated rings. The van der Waals surface area contributed by atoms with Crippen molar-refractivity contribution in [3.8, 4) is 0 Å². The zero-order valence-corrected chi connectivity index (χ0v) is 18.7. The summed E-state index contributed by atoms with van der Waals surface area (Å²) >= 11 is 1.14. The summed E-state index contributed by atoms with van der Waals surface area (Å²) < 4.78 is 19.6. The minimum Gasteiger partial charge on any atom is -0.370 e. The Hall–Kier alpha value is -2.67. The molecule has 0 unspecified atom stereocenters. The van der Waals surface area contributed by atoms with Crippen LogP contribution in [-0.2, 0) is 17.6 Å². The van der Waals surface area contributed by atoms with Crippen LogP contribution in [0.1, 0.15) is 27.9 Å². The molecule has 2 heterocycles. The van der Waals surface area contributed by atoms with Crippen molar-refractivity contribution >= 4 is 50.5 Å². The Bertz CT molecular complexity index is 976. The van der Waals surface area contributed by atoms with Gasteiger partial charge in [-0.15, -0.1) is 0 Å². The largest absolute Gasteiger partial charge is 0.370 e. The quantitative estimate of drug-likeness (QED) is 0.320. The summed E-state index contributed by atoms with van der Waals surface area (Å²) in [6.07, 6.45) is 1.13. The van der Waals surface area contributed by atoms with E-state index in [1.807, 2.05) is 12.1 Å². The molecule has 10 nitrogen and oxygen atoms in total. The summed E-state index contributed by atoms with van der Waals surface area (Å²) in [6.45, 7) is 1.94. The number of aliphatic imine (C=N–C) groups is 1. The number of hydrogen-bond donors (Lipinski definition) is 5. The van der Waals surface area contributed by atoms with Crippen molar-refractivity contribution in [3.63, 3.8) is 0 Å². The van der Waals surface area contributed by atoms with Gasteiger partial charge in [-0.05, 0) is 30.5 Å². The van der Waals surface area contributed by atoms with Crippen molar-refractivity contribution in [2.24, 2.45) is 16.5 Å². The molecule has 2 aromatic rings. The van der Waals surface area contributed by atoms with Crippen LogP contribution in [0, 0.1) is 0 Å². The van der Waals surface area contributed by atoms with Gasteiger partial charge in [-0.2, -0.15) is 10.6 Å². The van der Waals surface area contributed by atoms with Crippen molar-refractivity contribution in [3.05, 3.63) is 40.4 Å². The summed E-state index contributed by atoms with van der Waals surface area (Å²) in [6, 6.07) is 7.41. The molecular weight excluding hydrogens is 440 g/mol. The fourth-order valence-corrected chi connectivity index (χ4v) is 5.37. The number of thiazole rings is 1. The molecule has 3 rings (SSSR count). The number of amides is 2. The molecule has 31 heavy (non-hydrogen) atoms. The van der Waals surface area contributed by atoms with Gasteiger partial charge in [0, 0.05) is 20.0 Å². The number of nitrogens with two attached hydrogens (primary N) is 2. The van der Waals surface area contributed by atoms with E-state index in [0.717, 1.165) is 16.9 Å². The number of nitrogens with one attached hydrogen (secondary N) is 1. The first-order valence-corrected chi connectivity index (χ1v) is 12.3. The van der Waals surface area contributed by atoms with Gasteiger partial charge in [0.2, 0.25) is 5.91 Å². The first-order chi connectivity index (χ1) is 14.6. The monoisotopic (exact) mass is 466 g/mol. The minimum atomic E-state index is -2.60. The van der Waals surface area contributed by atoms with E-state index < -0.39 is 10.6 Å². The van der Waals surface area contributed by atoms with Crippen LogP contribution in [0.5, 0.6) is 0 Å². The van der Waals surface area contributed by atoms with Gasteiger partial charge >= 0.3 is 0 Å². The number of hydrogen-bond acceptors (Lipinski definition) is 7. The molecule has 168 valence electrons. The maximum absolute atomic E-state index is 13.1. The van der Waals surface area contributed by atoms with Crippen LogP contribution in [-0.4, -0.2) is 61.4 Å². The Morgan fingerprint density at radius 2 is 1.84 bits per heavy atom. The summed E-state index contributed by atoms with van der Waals surface area (Å²) in [5.41, 5.74) is 13.0. The summed E-state index contributed by atoms with van der Waals surface area (Å²) in [5.74, 6) is -0.132. The van der Waals surface area contributed by atoms with Crippen molar-refractivity contribution in [2.45, 2.75) is 19.8 Å². The minimum absolute atomic E-state index is 0.0113. The van der Waals surface area contributed by atoms with E-state index in [0.29, 0.717) is 34.2 Å². The number of nitrogens with zero attached hydrogens (tertiary/aromatic N) is 3. The highest BCUT2D eigenvalue weighted by molar-refractivity contribution is 8.24. The van der Waals surface area contributed by atoms with Gasteiger partial charge in [-0.25, -0.2) is 9.98 Å². The molecule has 0 saturated carbocycles. The third kappa shape index (κ3) is 6.40. The van der Waals surface area contributed by atoms with E-state index in [4.69, 9.17) is 11.5 Å². The highest BCUT2D eigenvalue weighted by atomic mass is 32.3. The predicted octanol–water partition coefficient (Wildman–Crippen LogP) is 2.00. The number of aromatic nitrogens is 1. The fourth-order valence-electron chi connectivity index (χ4n) is 3.11. The third-order valence-electron chi connectivity index (χ3n) is 4.68. The SMILES string of the molecule is CC(=O)Nc1nc(CCc2ccc(N=C(N)N)cc2)c(C(=O)N2CCS(O)(O)CC2)s1. The molecule has 0 spiro atoms.